The van der Waals surface area contributed by atoms with Crippen molar-refractivity contribution in [1.82, 2.24) is 0 Å². The van der Waals surface area contributed by atoms with E-state index in [9.17, 15) is 75.4 Å². The molecule has 0 spiro atoms. The Balaban J connectivity index is 6.84. The molecule has 0 heterocycles. The standard InChI is InChI=1S/C16H13F15O4/c1-9(2,3)8(35-7(34)5-4-6(32)33)10(17,18)11(19,20)12(21,22)13(23,24)14(25,26)15(27,28)16(29,30)31/h4-5,8H,1-3H3,(H,32,33)/b5-4-. The minimum atomic E-state index is -8.48. The molecule has 0 aromatic carbocycles. The molecule has 0 aromatic heterocycles. The summed E-state index contributed by atoms with van der Waals surface area (Å²) in [7, 11) is 0. The molecule has 4 nitrogen and oxygen atoms in total. The monoisotopic (exact) mass is 554 g/mol. The fourth-order valence-corrected chi connectivity index (χ4v) is 2.23. The topological polar surface area (TPSA) is 63.6 Å². The Hall–Kier alpha value is -2.37. The summed E-state index contributed by atoms with van der Waals surface area (Å²) in [6, 6.07) is 0. The Bertz CT molecular complexity index is 837. The lowest BCUT2D eigenvalue weighted by molar-refractivity contribution is -0.456. The number of alkyl halides is 15. The van der Waals surface area contributed by atoms with Gasteiger partial charge in [-0.05, 0) is 0 Å². The average Bonchev–Trinajstić information content (AvgIpc) is 2.61. The summed E-state index contributed by atoms with van der Waals surface area (Å²) in [5.74, 6) is -52.3. The van der Waals surface area contributed by atoms with Gasteiger partial charge in [0.15, 0.2) is 6.10 Å². The molecule has 0 aliphatic carbocycles. The Morgan fingerprint density at radius 2 is 0.971 bits per heavy atom. The molecule has 0 rings (SSSR count). The van der Waals surface area contributed by atoms with E-state index in [-0.39, 0.29) is 12.2 Å². The maximum atomic E-state index is 14.4. The smallest absolute Gasteiger partial charge is 0.460 e. The Morgan fingerprint density at radius 3 is 1.29 bits per heavy atom. The van der Waals surface area contributed by atoms with Crippen LogP contribution in [0.3, 0.4) is 0 Å². The maximum absolute atomic E-state index is 14.4. The minimum Gasteiger partial charge on any atom is -0.478 e. The van der Waals surface area contributed by atoms with Crippen molar-refractivity contribution in [2.75, 3.05) is 0 Å². The van der Waals surface area contributed by atoms with Crippen LogP contribution in [0.25, 0.3) is 0 Å². The summed E-state index contributed by atoms with van der Waals surface area (Å²) in [6.07, 6.45) is -12.1. The highest BCUT2D eigenvalue weighted by molar-refractivity contribution is 5.90. The number of rotatable bonds is 9. The zero-order chi connectivity index (χ0) is 28.9. The number of carboxylic acids is 1. The summed E-state index contributed by atoms with van der Waals surface area (Å²) in [6.45, 7) is 1.25. The molecule has 0 aliphatic rings. The number of aliphatic carboxylic acids is 1. The molecule has 0 aromatic rings. The first-order valence-corrected chi connectivity index (χ1v) is 8.39. The predicted octanol–water partition coefficient (Wildman–Crippen LogP) is 5.96. The highest BCUT2D eigenvalue weighted by Crippen LogP contribution is 2.63. The van der Waals surface area contributed by atoms with Gasteiger partial charge in [0.25, 0.3) is 0 Å². The number of esters is 1. The fourth-order valence-electron chi connectivity index (χ4n) is 2.23. The third kappa shape index (κ3) is 5.26. The molecule has 1 unspecified atom stereocenters. The molecular formula is C16H13F15O4. The second kappa shape index (κ2) is 8.94. The van der Waals surface area contributed by atoms with E-state index in [0.717, 1.165) is 0 Å². The fraction of sp³-hybridized carbons (Fsp3) is 0.750. The predicted molar refractivity (Wildman–Crippen MR) is 81.8 cm³/mol. The number of hydrogen-bond donors (Lipinski definition) is 1. The van der Waals surface area contributed by atoms with Crippen LogP contribution >= 0.6 is 0 Å². The third-order valence-electron chi connectivity index (χ3n) is 4.06. The van der Waals surface area contributed by atoms with Crippen LogP contribution in [0.2, 0.25) is 0 Å². The van der Waals surface area contributed by atoms with E-state index in [2.05, 4.69) is 4.74 Å². The van der Waals surface area contributed by atoms with Crippen molar-refractivity contribution >= 4 is 11.9 Å². The Morgan fingerprint density at radius 1 is 0.629 bits per heavy atom. The molecule has 0 saturated carbocycles. The molecule has 1 N–H and O–H groups in total. The first-order valence-electron chi connectivity index (χ1n) is 8.39. The Labute approximate surface area is 184 Å². The third-order valence-corrected chi connectivity index (χ3v) is 4.06. The average molecular weight is 554 g/mol. The quantitative estimate of drug-likeness (QED) is 0.217. The summed E-state index contributed by atoms with van der Waals surface area (Å²) in [5.41, 5.74) is -2.68. The number of carboxylic acid groups (broad SMARTS) is 1. The number of ether oxygens (including phenoxy) is 1. The molecule has 1 atom stereocenters. The van der Waals surface area contributed by atoms with Crippen molar-refractivity contribution in [2.45, 2.75) is 68.6 Å². The van der Waals surface area contributed by atoms with Crippen LogP contribution in [0, 0.1) is 5.41 Å². The number of halogens is 15. The normalized spacial score (nSPS) is 16.4. The highest BCUT2D eigenvalue weighted by atomic mass is 19.4. The molecule has 206 valence electrons. The van der Waals surface area contributed by atoms with Gasteiger partial charge in [-0.3, -0.25) is 0 Å². The van der Waals surface area contributed by atoms with E-state index in [1.54, 1.807) is 0 Å². The van der Waals surface area contributed by atoms with Crippen LogP contribution in [0.1, 0.15) is 20.8 Å². The van der Waals surface area contributed by atoms with Crippen LogP contribution in [0.5, 0.6) is 0 Å². The van der Waals surface area contributed by atoms with Crippen molar-refractivity contribution in [2.24, 2.45) is 5.41 Å². The van der Waals surface area contributed by atoms with Gasteiger partial charge in [0.1, 0.15) is 0 Å². The van der Waals surface area contributed by atoms with Gasteiger partial charge in [-0.2, -0.15) is 65.9 Å². The number of hydrogen-bond acceptors (Lipinski definition) is 3. The van der Waals surface area contributed by atoms with Crippen LogP contribution in [-0.2, 0) is 14.3 Å². The van der Waals surface area contributed by atoms with Gasteiger partial charge in [-0.1, -0.05) is 20.8 Å². The lowest BCUT2D eigenvalue weighted by Gasteiger charge is -2.44. The largest absolute Gasteiger partial charge is 0.478 e. The highest BCUT2D eigenvalue weighted by Gasteiger charge is 2.94. The van der Waals surface area contributed by atoms with Crippen molar-refractivity contribution in [3.05, 3.63) is 12.2 Å². The molecule has 0 aliphatic heterocycles. The van der Waals surface area contributed by atoms with Crippen molar-refractivity contribution < 1.29 is 85.3 Å². The maximum Gasteiger partial charge on any atom is 0.460 e. The lowest BCUT2D eigenvalue weighted by Crippen LogP contribution is -2.74. The van der Waals surface area contributed by atoms with E-state index in [1.165, 1.54) is 0 Å². The van der Waals surface area contributed by atoms with Gasteiger partial charge in [-0.15, -0.1) is 0 Å². The lowest BCUT2D eigenvalue weighted by atomic mass is 9.80. The number of carbonyl (C=O) groups is 2. The van der Waals surface area contributed by atoms with Gasteiger partial charge in [0, 0.05) is 17.6 Å². The van der Waals surface area contributed by atoms with Gasteiger partial charge >= 0.3 is 53.7 Å². The summed E-state index contributed by atoms with van der Waals surface area (Å²) in [4.78, 5) is 21.7. The molecule has 0 fully saturated rings. The minimum absolute atomic E-state index is 0.152. The van der Waals surface area contributed by atoms with Gasteiger partial charge in [-0.25, -0.2) is 9.59 Å². The van der Waals surface area contributed by atoms with Crippen LogP contribution < -0.4 is 0 Å². The van der Waals surface area contributed by atoms with Crippen LogP contribution in [0.4, 0.5) is 65.9 Å². The summed E-state index contributed by atoms with van der Waals surface area (Å²) in [5, 5.41) is 8.28. The van der Waals surface area contributed by atoms with Crippen LogP contribution in [0.15, 0.2) is 12.2 Å². The SMILES string of the molecule is CC(C)(C)C(OC(=O)/C=C\C(=O)O)C(F)(F)C(F)(F)C(F)(F)C(F)(F)C(F)(F)C(F)(F)C(F)(F)F. The first kappa shape index (κ1) is 32.6. The zero-order valence-electron chi connectivity index (χ0n) is 17.1. The molecular weight excluding hydrogens is 541 g/mol. The van der Waals surface area contributed by atoms with E-state index >= 15 is 0 Å². The second-order valence-electron chi connectivity index (χ2n) is 7.85. The van der Waals surface area contributed by atoms with Crippen molar-refractivity contribution in [1.29, 1.82) is 0 Å². The summed E-state index contributed by atoms with van der Waals surface area (Å²) >= 11 is 0. The molecule has 0 radical (unpaired) electrons. The second-order valence-corrected chi connectivity index (χ2v) is 7.85. The van der Waals surface area contributed by atoms with Crippen LogP contribution in [-0.4, -0.2) is 64.9 Å². The van der Waals surface area contributed by atoms with E-state index in [4.69, 9.17) is 5.11 Å². The van der Waals surface area contributed by atoms with E-state index < -0.39 is 65.2 Å². The van der Waals surface area contributed by atoms with Gasteiger partial charge in [0.05, 0.1) is 0 Å². The van der Waals surface area contributed by atoms with E-state index in [0.29, 0.717) is 20.8 Å². The molecule has 0 amide bonds. The molecule has 0 bridgehead atoms. The van der Waals surface area contributed by atoms with E-state index in [1.807, 2.05) is 0 Å². The zero-order valence-corrected chi connectivity index (χ0v) is 17.1. The summed E-state index contributed by atoms with van der Waals surface area (Å²) < 4.78 is 204. The Kier molecular flexibility index (Phi) is 8.33. The van der Waals surface area contributed by atoms with Crippen molar-refractivity contribution in [3.8, 4) is 0 Å². The molecule has 0 saturated heterocycles. The van der Waals surface area contributed by atoms with Crippen molar-refractivity contribution in [3.63, 3.8) is 0 Å². The van der Waals surface area contributed by atoms with Gasteiger partial charge in [0.2, 0.25) is 0 Å². The first-order chi connectivity index (χ1) is 14.9. The number of carbonyl (C=O) groups excluding carboxylic acids is 1. The molecule has 19 heteroatoms. The molecule has 35 heavy (non-hydrogen) atoms. The van der Waals surface area contributed by atoms with Gasteiger partial charge < -0.3 is 9.84 Å².